The standard InChI is InChI=1S/C24H26N2O6/c1-28-21-8-3-6-19(12-21)15-26(16-20-7-4-9-22(13-20)29-2)24(27)32-18-30-17-31-23-10-5-11-25-14-23/h3-14H,15-18H2,1-2H3. The van der Waals surface area contributed by atoms with E-state index in [1.54, 1.807) is 43.6 Å². The molecule has 8 nitrogen and oxygen atoms in total. The number of benzene rings is 2. The van der Waals surface area contributed by atoms with Crippen molar-refractivity contribution in [2.75, 3.05) is 27.8 Å². The zero-order valence-electron chi connectivity index (χ0n) is 18.1. The van der Waals surface area contributed by atoms with Gasteiger partial charge in [-0.1, -0.05) is 24.3 Å². The number of pyridine rings is 1. The number of methoxy groups -OCH3 is 2. The largest absolute Gasteiger partial charge is 0.497 e. The van der Waals surface area contributed by atoms with Crippen LogP contribution in [0, 0.1) is 0 Å². The SMILES string of the molecule is COc1cccc(CN(Cc2cccc(OC)c2)C(=O)OCOCOc2cccnc2)c1. The van der Waals surface area contributed by atoms with E-state index >= 15 is 0 Å². The highest BCUT2D eigenvalue weighted by Gasteiger charge is 2.17. The highest BCUT2D eigenvalue weighted by molar-refractivity contribution is 5.67. The van der Waals surface area contributed by atoms with Crippen LogP contribution in [0.25, 0.3) is 0 Å². The number of nitrogens with zero attached hydrogens (tertiary/aromatic N) is 2. The summed E-state index contributed by atoms with van der Waals surface area (Å²) in [7, 11) is 3.21. The van der Waals surface area contributed by atoms with Crippen molar-refractivity contribution in [2.45, 2.75) is 13.1 Å². The number of hydrogen-bond donors (Lipinski definition) is 0. The lowest BCUT2D eigenvalue weighted by atomic mass is 10.1. The van der Waals surface area contributed by atoms with E-state index in [1.807, 2.05) is 48.5 Å². The minimum absolute atomic E-state index is 0.0647. The molecule has 1 amide bonds. The van der Waals surface area contributed by atoms with Crippen LogP contribution < -0.4 is 14.2 Å². The van der Waals surface area contributed by atoms with Gasteiger partial charge < -0.3 is 23.7 Å². The minimum atomic E-state index is -0.517. The second kappa shape index (κ2) is 12.2. The quantitative estimate of drug-likeness (QED) is 0.327. The molecule has 0 unspecified atom stereocenters. The van der Waals surface area contributed by atoms with Gasteiger partial charge in [-0.05, 0) is 47.5 Å². The van der Waals surface area contributed by atoms with E-state index in [0.29, 0.717) is 30.3 Å². The molecule has 0 saturated carbocycles. The molecule has 1 aromatic heterocycles. The van der Waals surface area contributed by atoms with Crippen molar-refractivity contribution < 1.29 is 28.5 Å². The average Bonchev–Trinajstić information content (AvgIpc) is 2.84. The van der Waals surface area contributed by atoms with Crippen LogP contribution in [0.15, 0.2) is 73.1 Å². The summed E-state index contributed by atoms with van der Waals surface area (Å²) >= 11 is 0. The Bertz CT molecular complexity index is 933. The predicted molar refractivity (Wildman–Crippen MR) is 117 cm³/mol. The molecular formula is C24H26N2O6. The molecule has 1 heterocycles. The maximum absolute atomic E-state index is 12.8. The number of carbonyl (C=O) groups excluding carboxylic acids is 1. The smallest absolute Gasteiger partial charge is 0.412 e. The van der Waals surface area contributed by atoms with Crippen LogP contribution in [-0.4, -0.2) is 43.8 Å². The lowest BCUT2D eigenvalue weighted by molar-refractivity contribution is -0.0780. The Balaban J connectivity index is 1.60. The van der Waals surface area contributed by atoms with E-state index in [-0.39, 0.29) is 13.6 Å². The Labute approximate surface area is 187 Å². The first-order valence-electron chi connectivity index (χ1n) is 9.96. The van der Waals surface area contributed by atoms with E-state index in [2.05, 4.69) is 4.98 Å². The van der Waals surface area contributed by atoms with Crippen molar-refractivity contribution in [3.8, 4) is 17.2 Å². The number of ether oxygens (including phenoxy) is 5. The van der Waals surface area contributed by atoms with E-state index in [0.717, 1.165) is 11.1 Å². The van der Waals surface area contributed by atoms with E-state index in [9.17, 15) is 4.79 Å². The highest BCUT2D eigenvalue weighted by atomic mass is 16.7. The van der Waals surface area contributed by atoms with Gasteiger partial charge in [0.25, 0.3) is 0 Å². The second-order valence-electron chi connectivity index (χ2n) is 6.74. The summed E-state index contributed by atoms with van der Waals surface area (Å²) in [4.78, 5) is 18.3. The van der Waals surface area contributed by atoms with Gasteiger partial charge in [0.2, 0.25) is 0 Å². The lowest BCUT2D eigenvalue weighted by Crippen LogP contribution is -2.31. The number of carbonyl (C=O) groups is 1. The molecule has 8 heteroatoms. The van der Waals surface area contributed by atoms with Crippen molar-refractivity contribution in [2.24, 2.45) is 0 Å². The normalized spacial score (nSPS) is 10.3. The Morgan fingerprint density at radius 3 is 2.03 bits per heavy atom. The maximum Gasteiger partial charge on any atom is 0.412 e. The summed E-state index contributed by atoms with van der Waals surface area (Å²) in [6.45, 7) is 0.357. The van der Waals surface area contributed by atoms with E-state index in [1.165, 1.54) is 0 Å². The van der Waals surface area contributed by atoms with Crippen molar-refractivity contribution >= 4 is 6.09 Å². The Morgan fingerprint density at radius 1 is 0.844 bits per heavy atom. The molecule has 0 aliphatic heterocycles. The number of aromatic nitrogens is 1. The topological polar surface area (TPSA) is 79.4 Å². The average molecular weight is 438 g/mol. The number of amides is 1. The molecule has 0 atom stereocenters. The van der Waals surface area contributed by atoms with Crippen molar-refractivity contribution in [1.82, 2.24) is 9.88 Å². The van der Waals surface area contributed by atoms with Crippen molar-refractivity contribution in [3.05, 3.63) is 84.2 Å². The minimum Gasteiger partial charge on any atom is -0.497 e. The highest BCUT2D eigenvalue weighted by Crippen LogP contribution is 2.19. The van der Waals surface area contributed by atoms with E-state index < -0.39 is 6.09 Å². The summed E-state index contributed by atoms with van der Waals surface area (Å²) in [5.41, 5.74) is 1.81. The van der Waals surface area contributed by atoms with Crippen LogP contribution in [-0.2, 0) is 22.6 Å². The Kier molecular flexibility index (Phi) is 8.70. The zero-order chi connectivity index (χ0) is 22.6. The molecule has 0 saturated heterocycles. The third kappa shape index (κ3) is 7.17. The monoisotopic (exact) mass is 438 g/mol. The van der Waals surface area contributed by atoms with Gasteiger partial charge in [0.15, 0.2) is 13.6 Å². The van der Waals surface area contributed by atoms with E-state index in [4.69, 9.17) is 23.7 Å². The molecule has 0 fully saturated rings. The second-order valence-corrected chi connectivity index (χ2v) is 6.74. The number of hydrogen-bond acceptors (Lipinski definition) is 7. The summed E-state index contributed by atoms with van der Waals surface area (Å²) in [6.07, 6.45) is 2.70. The van der Waals surface area contributed by atoms with Gasteiger partial charge >= 0.3 is 6.09 Å². The summed E-state index contributed by atoms with van der Waals surface area (Å²) < 4.78 is 26.5. The van der Waals surface area contributed by atoms with Crippen LogP contribution in [0.2, 0.25) is 0 Å². The van der Waals surface area contributed by atoms with Gasteiger partial charge in [0.05, 0.1) is 20.4 Å². The van der Waals surface area contributed by atoms with Gasteiger partial charge in [-0.3, -0.25) is 9.88 Å². The summed E-state index contributed by atoms with van der Waals surface area (Å²) in [5.74, 6) is 2.00. The molecule has 0 bridgehead atoms. The molecule has 0 spiro atoms. The third-order valence-electron chi connectivity index (χ3n) is 4.48. The van der Waals surface area contributed by atoms with Crippen LogP contribution in [0.4, 0.5) is 4.79 Å². The lowest BCUT2D eigenvalue weighted by Gasteiger charge is -2.23. The summed E-state index contributed by atoms with van der Waals surface area (Å²) in [6, 6.07) is 18.6. The molecule has 3 rings (SSSR count). The molecule has 168 valence electrons. The molecule has 0 aliphatic carbocycles. The fourth-order valence-corrected chi connectivity index (χ4v) is 2.93. The maximum atomic E-state index is 12.8. The predicted octanol–water partition coefficient (Wildman–Crippen LogP) is 4.25. The van der Waals surface area contributed by atoms with Crippen LogP contribution in [0.1, 0.15) is 11.1 Å². The first kappa shape index (κ1) is 22.9. The van der Waals surface area contributed by atoms with Gasteiger partial charge in [-0.25, -0.2) is 4.79 Å². The van der Waals surface area contributed by atoms with Gasteiger partial charge in [0, 0.05) is 19.3 Å². The first-order chi connectivity index (χ1) is 15.7. The first-order valence-corrected chi connectivity index (χ1v) is 9.96. The Hall–Kier alpha value is -3.78. The van der Waals surface area contributed by atoms with Crippen LogP contribution in [0.3, 0.4) is 0 Å². The van der Waals surface area contributed by atoms with Crippen molar-refractivity contribution in [1.29, 1.82) is 0 Å². The Morgan fingerprint density at radius 2 is 1.47 bits per heavy atom. The number of rotatable bonds is 11. The molecule has 3 aromatic rings. The zero-order valence-corrected chi connectivity index (χ0v) is 18.1. The molecule has 2 aromatic carbocycles. The molecule has 0 aliphatic rings. The van der Waals surface area contributed by atoms with Gasteiger partial charge in [-0.15, -0.1) is 0 Å². The van der Waals surface area contributed by atoms with Gasteiger partial charge in [0.1, 0.15) is 17.2 Å². The van der Waals surface area contributed by atoms with Gasteiger partial charge in [-0.2, -0.15) is 0 Å². The molecule has 0 radical (unpaired) electrons. The fraction of sp³-hybridized carbons (Fsp3) is 0.250. The fourth-order valence-electron chi connectivity index (χ4n) is 2.93. The summed E-state index contributed by atoms with van der Waals surface area (Å²) in [5, 5.41) is 0. The van der Waals surface area contributed by atoms with Crippen molar-refractivity contribution in [3.63, 3.8) is 0 Å². The third-order valence-corrected chi connectivity index (χ3v) is 4.48. The van der Waals surface area contributed by atoms with Crippen LogP contribution >= 0.6 is 0 Å². The molecule has 32 heavy (non-hydrogen) atoms. The molecule has 0 N–H and O–H groups in total. The van der Waals surface area contributed by atoms with Crippen LogP contribution in [0.5, 0.6) is 17.2 Å². The molecular weight excluding hydrogens is 412 g/mol.